The first-order valence-corrected chi connectivity index (χ1v) is 5.20. The molecule has 1 rings (SSSR count). The van der Waals surface area contributed by atoms with Crippen LogP contribution in [0.3, 0.4) is 0 Å². The quantitative estimate of drug-likeness (QED) is 0.674. The number of benzene rings is 1. The van der Waals surface area contributed by atoms with Crippen LogP contribution >= 0.6 is 12.6 Å². The summed E-state index contributed by atoms with van der Waals surface area (Å²) in [6.07, 6.45) is 1.03. The van der Waals surface area contributed by atoms with E-state index in [9.17, 15) is 5.11 Å². The number of aliphatic hydroxyl groups is 1. The van der Waals surface area contributed by atoms with Gasteiger partial charge in [0, 0.05) is 10.5 Å². The number of hydrogen-bond donors (Lipinski definition) is 3. The van der Waals surface area contributed by atoms with Crippen LogP contribution in [0.15, 0.2) is 17.0 Å². The highest BCUT2D eigenvalue weighted by atomic mass is 32.1. The first-order valence-electron chi connectivity index (χ1n) is 4.75. The molecular weight excluding hydrogens is 196 g/mol. The second-order valence-electron chi connectivity index (χ2n) is 3.52. The maximum Gasteiger partial charge on any atom is 0.134 e. The van der Waals surface area contributed by atoms with Crippen LogP contribution < -0.4 is 0 Å². The molecule has 0 aliphatic rings. The SMILES string of the molecule is CCC(C)c1cc(S)c(O)c(CO)c1. The number of phenols is 1. The van der Waals surface area contributed by atoms with Crippen molar-refractivity contribution < 1.29 is 10.2 Å². The fraction of sp³-hybridized carbons (Fsp3) is 0.455. The van der Waals surface area contributed by atoms with Gasteiger partial charge in [-0.05, 0) is 30.0 Å². The first kappa shape index (κ1) is 11.4. The molecule has 0 saturated carbocycles. The van der Waals surface area contributed by atoms with Gasteiger partial charge in [-0.25, -0.2) is 0 Å². The fourth-order valence-electron chi connectivity index (χ4n) is 1.34. The van der Waals surface area contributed by atoms with Gasteiger partial charge in [0.2, 0.25) is 0 Å². The maximum absolute atomic E-state index is 9.54. The predicted molar refractivity (Wildman–Crippen MR) is 60.0 cm³/mol. The van der Waals surface area contributed by atoms with Crippen molar-refractivity contribution in [2.75, 3.05) is 0 Å². The molecule has 0 spiro atoms. The van der Waals surface area contributed by atoms with Gasteiger partial charge in [0.1, 0.15) is 5.75 Å². The molecule has 0 radical (unpaired) electrons. The third-order valence-corrected chi connectivity index (χ3v) is 2.88. The Kier molecular flexibility index (Phi) is 3.84. The Morgan fingerprint density at radius 3 is 2.57 bits per heavy atom. The van der Waals surface area contributed by atoms with E-state index < -0.39 is 0 Å². The smallest absolute Gasteiger partial charge is 0.134 e. The second-order valence-corrected chi connectivity index (χ2v) is 4.00. The van der Waals surface area contributed by atoms with Gasteiger partial charge in [0.05, 0.1) is 6.61 Å². The van der Waals surface area contributed by atoms with E-state index >= 15 is 0 Å². The van der Waals surface area contributed by atoms with Gasteiger partial charge in [0.25, 0.3) is 0 Å². The summed E-state index contributed by atoms with van der Waals surface area (Å²) >= 11 is 4.16. The summed E-state index contributed by atoms with van der Waals surface area (Å²) in [7, 11) is 0. The molecule has 1 aromatic rings. The van der Waals surface area contributed by atoms with Crippen LogP contribution in [0.2, 0.25) is 0 Å². The second kappa shape index (κ2) is 4.71. The minimum Gasteiger partial charge on any atom is -0.506 e. The van der Waals surface area contributed by atoms with Gasteiger partial charge in [-0.15, -0.1) is 12.6 Å². The Bertz CT molecular complexity index is 323. The predicted octanol–water partition coefficient (Wildman–Crippen LogP) is 2.69. The van der Waals surface area contributed by atoms with Crippen molar-refractivity contribution in [1.29, 1.82) is 0 Å². The van der Waals surface area contributed by atoms with E-state index in [4.69, 9.17) is 5.11 Å². The topological polar surface area (TPSA) is 40.5 Å². The average Bonchev–Trinajstić information content (AvgIpc) is 2.20. The number of thiol groups is 1. The summed E-state index contributed by atoms with van der Waals surface area (Å²) in [5, 5.41) is 18.6. The van der Waals surface area contributed by atoms with E-state index in [-0.39, 0.29) is 12.4 Å². The molecule has 0 saturated heterocycles. The van der Waals surface area contributed by atoms with Gasteiger partial charge in [0.15, 0.2) is 0 Å². The molecule has 0 aliphatic carbocycles. The highest BCUT2D eigenvalue weighted by Gasteiger charge is 2.10. The van der Waals surface area contributed by atoms with Crippen LogP contribution in [0.5, 0.6) is 5.75 Å². The van der Waals surface area contributed by atoms with Gasteiger partial charge in [-0.3, -0.25) is 0 Å². The van der Waals surface area contributed by atoms with E-state index in [1.54, 1.807) is 0 Å². The Balaban J connectivity index is 3.16. The zero-order valence-corrected chi connectivity index (χ0v) is 9.38. The zero-order valence-electron chi connectivity index (χ0n) is 8.49. The van der Waals surface area contributed by atoms with Crippen LogP contribution in [0.1, 0.15) is 37.3 Å². The Morgan fingerprint density at radius 1 is 1.43 bits per heavy atom. The van der Waals surface area contributed by atoms with Crippen molar-refractivity contribution in [3.63, 3.8) is 0 Å². The zero-order chi connectivity index (χ0) is 10.7. The van der Waals surface area contributed by atoms with Crippen molar-refractivity contribution in [2.45, 2.75) is 37.7 Å². The van der Waals surface area contributed by atoms with Crippen LogP contribution in [-0.4, -0.2) is 10.2 Å². The average molecular weight is 212 g/mol. The Labute approximate surface area is 90.0 Å². The minimum atomic E-state index is -0.149. The molecule has 14 heavy (non-hydrogen) atoms. The summed E-state index contributed by atoms with van der Waals surface area (Å²) in [5.74, 6) is 0.509. The largest absolute Gasteiger partial charge is 0.506 e. The number of aromatic hydroxyl groups is 1. The third-order valence-electron chi connectivity index (χ3n) is 2.54. The van der Waals surface area contributed by atoms with E-state index in [2.05, 4.69) is 26.5 Å². The lowest BCUT2D eigenvalue weighted by molar-refractivity contribution is 0.274. The number of rotatable bonds is 3. The summed E-state index contributed by atoms with van der Waals surface area (Å²) < 4.78 is 0. The summed E-state index contributed by atoms with van der Waals surface area (Å²) in [5.41, 5.74) is 1.66. The molecule has 2 nitrogen and oxygen atoms in total. The van der Waals surface area contributed by atoms with Crippen molar-refractivity contribution in [3.05, 3.63) is 23.3 Å². The van der Waals surface area contributed by atoms with Gasteiger partial charge >= 0.3 is 0 Å². The van der Waals surface area contributed by atoms with Crippen LogP contribution in [-0.2, 0) is 6.61 Å². The highest BCUT2D eigenvalue weighted by Crippen LogP contribution is 2.31. The monoisotopic (exact) mass is 212 g/mol. The summed E-state index contributed by atoms with van der Waals surface area (Å²) in [6.45, 7) is 4.07. The van der Waals surface area contributed by atoms with E-state index in [1.807, 2.05) is 12.1 Å². The molecule has 0 aromatic heterocycles. The molecule has 1 aromatic carbocycles. The van der Waals surface area contributed by atoms with Crippen LogP contribution in [0, 0.1) is 0 Å². The standard InChI is InChI=1S/C11H16O2S/c1-3-7(2)8-4-9(6-12)11(13)10(14)5-8/h4-5,7,12-14H,3,6H2,1-2H3. The number of aliphatic hydroxyl groups excluding tert-OH is 1. The molecule has 1 atom stereocenters. The van der Waals surface area contributed by atoms with E-state index in [0.717, 1.165) is 12.0 Å². The molecule has 0 fully saturated rings. The summed E-state index contributed by atoms with van der Waals surface area (Å²) in [6, 6.07) is 3.69. The molecule has 0 heterocycles. The molecular formula is C11H16O2S. The van der Waals surface area contributed by atoms with E-state index in [0.29, 0.717) is 16.4 Å². The third kappa shape index (κ3) is 2.22. The molecule has 1 unspecified atom stereocenters. The molecule has 0 aliphatic heterocycles. The van der Waals surface area contributed by atoms with Crippen molar-refractivity contribution >= 4 is 12.6 Å². The lowest BCUT2D eigenvalue weighted by Crippen LogP contribution is -1.95. The first-order chi connectivity index (χ1) is 6.60. The Hall–Kier alpha value is -0.670. The van der Waals surface area contributed by atoms with Crippen molar-refractivity contribution in [1.82, 2.24) is 0 Å². The van der Waals surface area contributed by atoms with Gasteiger partial charge in [-0.1, -0.05) is 13.8 Å². The molecule has 78 valence electrons. The fourth-order valence-corrected chi connectivity index (χ4v) is 1.64. The summed E-state index contributed by atoms with van der Waals surface area (Å²) in [4.78, 5) is 0.534. The van der Waals surface area contributed by atoms with Crippen LogP contribution in [0.4, 0.5) is 0 Å². The Morgan fingerprint density at radius 2 is 2.07 bits per heavy atom. The highest BCUT2D eigenvalue weighted by molar-refractivity contribution is 7.80. The van der Waals surface area contributed by atoms with Crippen LogP contribution in [0.25, 0.3) is 0 Å². The molecule has 0 amide bonds. The number of hydrogen-bond acceptors (Lipinski definition) is 3. The lowest BCUT2D eigenvalue weighted by Gasteiger charge is -2.13. The van der Waals surface area contributed by atoms with E-state index in [1.165, 1.54) is 0 Å². The molecule has 0 bridgehead atoms. The van der Waals surface area contributed by atoms with Crippen molar-refractivity contribution in [2.24, 2.45) is 0 Å². The van der Waals surface area contributed by atoms with Gasteiger partial charge in [-0.2, -0.15) is 0 Å². The van der Waals surface area contributed by atoms with Gasteiger partial charge < -0.3 is 10.2 Å². The molecule has 3 heteroatoms. The maximum atomic E-state index is 9.54. The van der Waals surface area contributed by atoms with Crippen molar-refractivity contribution in [3.8, 4) is 5.75 Å². The normalized spacial score (nSPS) is 12.9. The molecule has 2 N–H and O–H groups in total. The minimum absolute atomic E-state index is 0.0860. The lowest BCUT2D eigenvalue weighted by atomic mass is 9.96.